The number of hydrogen-bond acceptors (Lipinski definition) is 7. The lowest BCUT2D eigenvalue weighted by Crippen LogP contribution is -2.61. The molecule has 1 heterocycles. The van der Waals surface area contributed by atoms with Crippen LogP contribution in [0.4, 0.5) is 0 Å². The van der Waals surface area contributed by atoms with Gasteiger partial charge in [-0.25, -0.2) is 8.42 Å². The normalized spacial score (nSPS) is 15.6. The largest absolute Gasteiger partial charge is 0.369 e. The summed E-state index contributed by atoms with van der Waals surface area (Å²) in [6.45, 7) is 5.29. The maximum absolute atomic E-state index is 12.9. The average Bonchev–Trinajstić information content (AvgIpc) is 2.70. The van der Waals surface area contributed by atoms with Crippen LogP contribution in [0.2, 0.25) is 0 Å². The number of primary amides is 1. The standard InChI is InChI=1S/C23H30N2O4S.CH3ClO2S/c1-22(2,25-16-20(17-25)29-30(3,27)28)14-15-23(21(24)26,18-10-6-4-7-11-18)19-12-8-5-9-13-19;1-5(2,3)4/h4-13,20H,14-17H2,1-3H3,(H2,24,26);1H3. The van der Waals surface area contributed by atoms with Crippen molar-refractivity contribution in [1.82, 2.24) is 4.90 Å². The molecule has 1 aliphatic rings. The highest BCUT2D eigenvalue weighted by Crippen LogP contribution is 2.40. The van der Waals surface area contributed by atoms with Gasteiger partial charge in [0.1, 0.15) is 6.10 Å². The van der Waals surface area contributed by atoms with Crippen LogP contribution in [0.15, 0.2) is 60.7 Å². The lowest BCUT2D eigenvalue weighted by atomic mass is 9.69. The predicted molar refractivity (Wildman–Crippen MR) is 138 cm³/mol. The van der Waals surface area contributed by atoms with Gasteiger partial charge in [-0.1, -0.05) is 60.7 Å². The molecule has 8 nitrogen and oxygen atoms in total. The molecule has 1 aliphatic heterocycles. The number of likely N-dealkylation sites (tertiary alicyclic amines) is 1. The van der Waals surface area contributed by atoms with Gasteiger partial charge in [-0.3, -0.25) is 13.9 Å². The van der Waals surface area contributed by atoms with E-state index in [2.05, 4.69) is 29.4 Å². The van der Waals surface area contributed by atoms with E-state index in [9.17, 15) is 21.6 Å². The van der Waals surface area contributed by atoms with Crippen LogP contribution in [-0.4, -0.2) is 64.9 Å². The number of nitrogens with two attached hydrogens (primary N) is 1. The molecule has 0 aliphatic carbocycles. The lowest BCUT2D eigenvalue weighted by molar-refractivity contribution is -0.122. The Kier molecular flexibility index (Phi) is 9.52. The second-order valence-electron chi connectivity index (χ2n) is 9.32. The van der Waals surface area contributed by atoms with Gasteiger partial charge in [0.2, 0.25) is 15.0 Å². The summed E-state index contributed by atoms with van der Waals surface area (Å²) in [5.41, 5.74) is 6.61. The van der Waals surface area contributed by atoms with Gasteiger partial charge in [0, 0.05) is 29.3 Å². The molecular formula is C24H33ClN2O6S2. The number of carbonyl (C=O) groups excluding carboxylic acids is 1. The number of carbonyl (C=O) groups is 1. The van der Waals surface area contributed by atoms with Gasteiger partial charge >= 0.3 is 0 Å². The van der Waals surface area contributed by atoms with Crippen LogP contribution in [-0.2, 0) is 33.6 Å². The van der Waals surface area contributed by atoms with E-state index in [1.807, 2.05) is 60.7 Å². The molecule has 0 saturated carbocycles. The number of amides is 1. The third kappa shape index (κ3) is 8.57. The minimum atomic E-state index is -3.46. The Balaban J connectivity index is 0.000000784. The quantitative estimate of drug-likeness (QED) is 0.380. The van der Waals surface area contributed by atoms with Crippen LogP contribution >= 0.6 is 10.7 Å². The first-order chi connectivity index (χ1) is 16.0. The molecule has 194 valence electrons. The van der Waals surface area contributed by atoms with E-state index in [4.69, 9.17) is 9.92 Å². The van der Waals surface area contributed by atoms with Gasteiger partial charge in [-0.05, 0) is 37.8 Å². The Bertz CT molecular complexity index is 1150. The minimum absolute atomic E-state index is 0.248. The molecule has 1 fully saturated rings. The molecule has 0 bridgehead atoms. The third-order valence-electron chi connectivity index (χ3n) is 6.08. The predicted octanol–water partition coefficient (Wildman–Crippen LogP) is 2.86. The van der Waals surface area contributed by atoms with E-state index in [-0.39, 0.29) is 17.6 Å². The number of rotatable bonds is 9. The monoisotopic (exact) mass is 544 g/mol. The van der Waals surface area contributed by atoms with Crippen molar-refractivity contribution in [2.75, 3.05) is 25.6 Å². The van der Waals surface area contributed by atoms with Crippen molar-refractivity contribution in [1.29, 1.82) is 0 Å². The molecule has 35 heavy (non-hydrogen) atoms. The molecule has 2 aromatic carbocycles. The van der Waals surface area contributed by atoms with E-state index in [0.717, 1.165) is 23.6 Å². The molecule has 0 aromatic heterocycles. The van der Waals surface area contributed by atoms with Gasteiger partial charge in [0.15, 0.2) is 0 Å². The van der Waals surface area contributed by atoms with Crippen molar-refractivity contribution < 1.29 is 25.8 Å². The first-order valence-corrected chi connectivity index (χ1v) is 15.5. The molecule has 0 radical (unpaired) electrons. The molecule has 0 atom stereocenters. The van der Waals surface area contributed by atoms with Crippen molar-refractivity contribution >= 4 is 35.8 Å². The molecule has 0 unspecified atom stereocenters. The van der Waals surface area contributed by atoms with Crippen molar-refractivity contribution in [2.45, 2.75) is 43.7 Å². The highest BCUT2D eigenvalue weighted by molar-refractivity contribution is 8.13. The summed E-state index contributed by atoms with van der Waals surface area (Å²) in [7, 11) is -2.15. The molecule has 1 saturated heterocycles. The first-order valence-electron chi connectivity index (χ1n) is 11.0. The van der Waals surface area contributed by atoms with Gasteiger partial charge < -0.3 is 5.73 Å². The summed E-state index contributed by atoms with van der Waals surface area (Å²) >= 11 is 0. The topological polar surface area (TPSA) is 124 Å². The molecular weight excluding hydrogens is 512 g/mol. The second kappa shape index (κ2) is 11.4. The summed E-state index contributed by atoms with van der Waals surface area (Å²) in [4.78, 5) is 15.1. The van der Waals surface area contributed by atoms with Crippen LogP contribution in [0.3, 0.4) is 0 Å². The van der Waals surface area contributed by atoms with Gasteiger partial charge in [0.25, 0.3) is 10.1 Å². The molecule has 0 spiro atoms. The third-order valence-corrected chi connectivity index (χ3v) is 6.70. The van der Waals surface area contributed by atoms with Crippen LogP contribution in [0.1, 0.15) is 37.8 Å². The number of benzene rings is 2. The van der Waals surface area contributed by atoms with Crippen LogP contribution < -0.4 is 5.73 Å². The number of hydrogen-bond donors (Lipinski definition) is 1. The van der Waals surface area contributed by atoms with Crippen LogP contribution in [0, 0.1) is 0 Å². The van der Waals surface area contributed by atoms with Crippen LogP contribution in [0.5, 0.6) is 0 Å². The maximum Gasteiger partial charge on any atom is 0.264 e. The Morgan fingerprint density at radius 3 is 1.69 bits per heavy atom. The Hall–Kier alpha value is -1.98. The summed E-state index contributed by atoms with van der Waals surface area (Å²) in [5, 5.41) is 0. The van der Waals surface area contributed by atoms with E-state index in [1.165, 1.54) is 0 Å². The first kappa shape index (κ1) is 29.3. The van der Waals surface area contributed by atoms with Gasteiger partial charge in [-0.2, -0.15) is 8.42 Å². The smallest absolute Gasteiger partial charge is 0.264 e. The Labute approximate surface area is 213 Å². The van der Waals surface area contributed by atoms with Crippen molar-refractivity contribution in [2.24, 2.45) is 5.73 Å². The van der Waals surface area contributed by atoms with Crippen molar-refractivity contribution in [3.05, 3.63) is 71.8 Å². The van der Waals surface area contributed by atoms with Crippen molar-refractivity contribution in [3.63, 3.8) is 0 Å². The minimum Gasteiger partial charge on any atom is -0.369 e. The fourth-order valence-corrected chi connectivity index (χ4v) is 4.82. The Morgan fingerprint density at radius 1 is 0.943 bits per heavy atom. The summed E-state index contributed by atoms with van der Waals surface area (Å²) < 4.78 is 46.6. The number of halogens is 1. The second-order valence-corrected chi connectivity index (χ2v) is 14.0. The van der Waals surface area contributed by atoms with Gasteiger partial charge in [0.05, 0.1) is 17.9 Å². The fourth-order valence-electron chi connectivity index (χ4n) is 4.20. The van der Waals surface area contributed by atoms with E-state index in [0.29, 0.717) is 25.9 Å². The summed E-state index contributed by atoms with van der Waals surface area (Å²) in [6, 6.07) is 19.3. The average molecular weight is 545 g/mol. The zero-order valence-electron chi connectivity index (χ0n) is 20.3. The Morgan fingerprint density at radius 2 is 1.34 bits per heavy atom. The van der Waals surface area contributed by atoms with E-state index < -0.39 is 24.6 Å². The summed E-state index contributed by atoms with van der Waals surface area (Å²) in [5.74, 6) is -0.377. The SMILES string of the molecule is CC(C)(CCC(C(N)=O)(c1ccccc1)c1ccccc1)N1CC(OS(C)(=O)=O)C1.CS(=O)(=O)Cl. The lowest BCUT2D eigenvalue weighted by Gasteiger charge is -2.49. The molecule has 1 amide bonds. The molecule has 2 N–H and O–H groups in total. The molecule has 3 rings (SSSR count). The fraction of sp³-hybridized carbons (Fsp3) is 0.458. The van der Waals surface area contributed by atoms with E-state index in [1.54, 1.807) is 0 Å². The maximum atomic E-state index is 12.9. The summed E-state index contributed by atoms with van der Waals surface area (Å²) in [6.07, 6.45) is 2.92. The zero-order valence-corrected chi connectivity index (χ0v) is 22.7. The highest BCUT2D eigenvalue weighted by atomic mass is 35.7. The van der Waals surface area contributed by atoms with Crippen LogP contribution in [0.25, 0.3) is 0 Å². The number of nitrogens with zero attached hydrogens (tertiary/aromatic N) is 1. The molecule has 11 heteroatoms. The van der Waals surface area contributed by atoms with E-state index >= 15 is 0 Å². The van der Waals surface area contributed by atoms with Crippen molar-refractivity contribution in [3.8, 4) is 0 Å². The van der Waals surface area contributed by atoms with Gasteiger partial charge in [-0.15, -0.1) is 0 Å². The zero-order chi connectivity index (χ0) is 26.5. The molecule has 2 aromatic rings. The highest BCUT2D eigenvalue weighted by Gasteiger charge is 2.44.